The zero-order valence-electron chi connectivity index (χ0n) is 22.4. The number of amides is 1. The molecule has 1 saturated heterocycles. The van der Waals surface area contributed by atoms with Crippen molar-refractivity contribution in [3.63, 3.8) is 0 Å². The van der Waals surface area contributed by atoms with Crippen LogP contribution < -0.4 is 10.1 Å². The first-order valence-electron chi connectivity index (χ1n) is 13.5. The number of para-hydroxylation sites is 1. The largest absolute Gasteiger partial charge is 0.496 e. The predicted octanol–water partition coefficient (Wildman–Crippen LogP) is 7.09. The van der Waals surface area contributed by atoms with Gasteiger partial charge in [0.05, 0.1) is 23.5 Å². The molecule has 0 bridgehead atoms. The number of benzene rings is 4. The Morgan fingerprint density at radius 1 is 0.929 bits per heavy atom. The summed E-state index contributed by atoms with van der Waals surface area (Å²) in [6.07, 6.45) is 3.80. The van der Waals surface area contributed by atoms with Crippen LogP contribution in [0.3, 0.4) is 0 Å². The summed E-state index contributed by atoms with van der Waals surface area (Å²) in [4.78, 5) is 45.9. The Labute approximate surface area is 256 Å². The van der Waals surface area contributed by atoms with Crippen LogP contribution in [0.25, 0.3) is 6.08 Å². The summed E-state index contributed by atoms with van der Waals surface area (Å²) in [5, 5.41) is 3.55. The molecule has 1 N–H and O–H groups in total. The van der Waals surface area contributed by atoms with E-state index in [4.69, 9.17) is 16.3 Å². The lowest BCUT2D eigenvalue weighted by molar-refractivity contribution is -0.122. The monoisotopic (exact) mass is 638 g/mol. The lowest BCUT2D eigenvalue weighted by Crippen LogP contribution is -2.49. The Bertz CT molecular complexity index is 1820. The molecule has 0 saturated carbocycles. The van der Waals surface area contributed by atoms with Crippen LogP contribution in [0.2, 0.25) is 5.02 Å². The second-order valence-electron chi connectivity index (χ2n) is 10.7. The minimum atomic E-state index is -1.39. The van der Waals surface area contributed by atoms with Crippen molar-refractivity contribution in [3.05, 3.63) is 135 Å². The fraction of sp³-hybridized carbons (Fsp3) is 0.147. The highest BCUT2D eigenvalue weighted by Crippen LogP contribution is 2.62. The molecular formula is C34H24BrClN2O4. The number of carbonyl (C=O) groups excluding carboxylic acids is 3. The average molecular weight is 640 g/mol. The number of nitrogens with zero attached hydrogens (tertiary/aromatic N) is 1. The van der Waals surface area contributed by atoms with Crippen molar-refractivity contribution in [1.82, 2.24) is 4.90 Å². The van der Waals surface area contributed by atoms with Gasteiger partial charge < -0.3 is 15.0 Å². The molecule has 0 radical (unpaired) electrons. The molecule has 208 valence electrons. The maximum Gasteiger partial charge on any atom is 0.238 e. The fourth-order valence-electron chi connectivity index (χ4n) is 6.95. The number of hydrogen-bond donors (Lipinski definition) is 1. The highest BCUT2D eigenvalue weighted by molar-refractivity contribution is 9.10. The number of methoxy groups -OCH3 is 1. The van der Waals surface area contributed by atoms with Gasteiger partial charge in [-0.2, -0.15) is 0 Å². The number of halogens is 2. The number of nitrogens with one attached hydrogen (secondary N) is 1. The lowest BCUT2D eigenvalue weighted by atomic mass is 9.62. The van der Waals surface area contributed by atoms with Gasteiger partial charge in [0.25, 0.3) is 0 Å². The zero-order chi connectivity index (χ0) is 29.2. The molecule has 8 heteroatoms. The molecule has 3 heterocycles. The van der Waals surface area contributed by atoms with Crippen molar-refractivity contribution in [2.45, 2.75) is 17.5 Å². The van der Waals surface area contributed by atoms with Gasteiger partial charge in [0.15, 0.2) is 11.6 Å². The van der Waals surface area contributed by atoms with Crippen molar-refractivity contribution in [2.75, 3.05) is 12.4 Å². The third-order valence-corrected chi connectivity index (χ3v) is 9.56. The van der Waals surface area contributed by atoms with Crippen LogP contribution in [-0.4, -0.2) is 35.5 Å². The van der Waals surface area contributed by atoms with E-state index in [2.05, 4.69) is 21.2 Å². The molecule has 4 atom stereocenters. The topological polar surface area (TPSA) is 75.7 Å². The SMILES string of the molecule is COc1ccc(C(=O)[C@@H]2[C@@H](C(=O)c3ccc(Cl)cc3)[C@]3(C(=O)Nc4ccccc43)[C@H]3c4ccccc4C=CN23)cc1Br. The fourth-order valence-corrected chi connectivity index (χ4v) is 7.62. The summed E-state index contributed by atoms with van der Waals surface area (Å²) in [5.41, 5.74) is 2.55. The van der Waals surface area contributed by atoms with Crippen LogP contribution in [-0.2, 0) is 10.2 Å². The molecule has 42 heavy (non-hydrogen) atoms. The number of carbonyl (C=O) groups is 3. The van der Waals surface area contributed by atoms with Crippen molar-refractivity contribution < 1.29 is 19.1 Å². The van der Waals surface area contributed by atoms with Crippen LogP contribution in [0.1, 0.15) is 43.4 Å². The van der Waals surface area contributed by atoms with E-state index < -0.39 is 23.4 Å². The van der Waals surface area contributed by atoms with Gasteiger partial charge in [0.2, 0.25) is 5.91 Å². The van der Waals surface area contributed by atoms with Crippen molar-refractivity contribution >= 4 is 56.8 Å². The van der Waals surface area contributed by atoms with Gasteiger partial charge >= 0.3 is 0 Å². The minimum absolute atomic E-state index is 0.270. The Morgan fingerprint density at radius 2 is 1.64 bits per heavy atom. The second kappa shape index (κ2) is 9.96. The quantitative estimate of drug-likeness (QED) is 0.236. The van der Waals surface area contributed by atoms with E-state index in [0.717, 1.165) is 11.1 Å². The van der Waals surface area contributed by atoms with Crippen LogP contribution >= 0.6 is 27.5 Å². The Morgan fingerprint density at radius 3 is 2.40 bits per heavy atom. The van der Waals surface area contributed by atoms with Gasteiger partial charge in [0.1, 0.15) is 17.2 Å². The van der Waals surface area contributed by atoms with Crippen molar-refractivity contribution in [1.29, 1.82) is 0 Å². The number of anilines is 1. The summed E-state index contributed by atoms with van der Waals surface area (Å²) < 4.78 is 6.00. The molecule has 1 fully saturated rings. The lowest BCUT2D eigenvalue weighted by Gasteiger charge is -2.38. The van der Waals surface area contributed by atoms with E-state index in [1.165, 1.54) is 0 Å². The molecule has 1 amide bonds. The summed E-state index contributed by atoms with van der Waals surface area (Å²) >= 11 is 9.68. The first kappa shape index (κ1) is 26.7. The van der Waals surface area contributed by atoms with Crippen LogP contribution in [0.15, 0.2) is 102 Å². The number of hydrogen-bond acceptors (Lipinski definition) is 5. The van der Waals surface area contributed by atoms with Crippen molar-refractivity contribution in [3.8, 4) is 5.75 Å². The molecule has 7 rings (SSSR count). The third-order valence-electron chi connectivity index (χ3n) is 8.69. The molecule has 6 nitrogen and oxygen atoms in total. The van der Waals surface area contributed by atoms with Gasteiger partial charge in [-0.25, -0.2) is 0 Å². The van der Waals surface area contributed by atoms with Gasteiger partial charge in [-0.1, -0.05) is 54.1 Å². The summed E-state index contributed by atoms with van der Waals surface area (Å²) in [6.45, 7) is 0. The smallest absolute Gasteiger partial charge is 0.238 e. The van der Waals surface area contributed by atoms with E-state index in [9.17, 15) is 14.4 Å². The number of ketones is 2. The maximum atomic E-state index is 14.8. The van der Waals surface area contributed by atoms with E-state index >= 15 is 0 Å². The molecule has 3 aliphatic heterocycles. The molecule has 3 aliphatic rings. The molecule has 4 aromatic rings. The zero-order valence-corrected chi connectivity index (χ0v) is 24.7. The van der Waals surface area contributed by atoms with E-state index in [-0.39, 0.29) is 17.5 Å². The summed E-state index contributed by atoms with van der Waals surface area (Å²) in [5.74, 6) is -1.35. The van der Waals surface area contributed by atoms with Gasteiger partial charge in [-0.3, -0.25) is 14.4 Å². The number of rotatable bonds is 5. The van der Waals surface area contributed by atoms with E-state index in [0.29, 0.717) is 37.6 Å². The molecule has 0 aliphatic carbocycles. The predicted molar refractivity (Wildman–Crippen MR) is 165 cm³/mol. The molecule has 0 unspecified atom stereocenters. The Balaban J connectivity index is 1.52. The molecule has 4 aromatic carbocycles. The van der Waals surface area contributed by atoms with Crippen LogP contribution in [0.4, 0.5) is 5.69 Å². The first-order valence-corrected chi connectivity index (χ1v) is 14.7. The highest BCUT2D eigenvalue weighted by atomic mass is 79.9. The Kier molecular flexibility index (Phi) is 6.33. The number of ether oxygens (including phenoxy) is 1. The second-order valence-corrected chi connectivity index (χ2v) is 12.0. The minimum Gasteiger partial charge on any atom is -0.496 e. The Hall–Kier alpha value is -4.20. The molecular weight excluding hydrogens is 616 g/mol. The molecule has 1 spiro atoms. The summed E-state index contributed by atoms with van der Waals surface area (Å²) in [6, 6.07) is 25.4. The summed E-state index contributed by atoms with van der Waals surface area (Å²) in [7, 11) is 1.56. The third kappa shape index (κ3) is 3.73. The maximum absolute atomic E-state index is 14.8. The van der Waals surface area contributed by atoms with Gasteiger partial charge in [-0.15, -0.1) is 0 Å². The van der Waals surface area contributed by atoms with E-state index in [1.807, 2.05) is 65.7 Å². The first-order chi connectivity index (χ1) is 20.4. The van der Waals surface area contributed by atoms with Gasteiger partial charge in [-0.05, 0) is 87.2 Å². The van der Waals surface area contributed by atoms with Crippen LogP contribution in [0, 0.1) is 5.92 Å². The molecule has 0 aromatic heterocycles. The van der Waals surface area contributed by atoms with Gasteiger partial charge in [0, 0.05) is 28.0 Å². The highest BCUT2D eigenvalue weighted by Gasteiger charge is 2.70. The number of fused-ring (bicyclic) bond motifs is 6. The number of Topliss-reactive ketones (excluding diaryl/α,β-unsaturated/α-hetero) is 2. The standard InChI is InChI=1S/C34H24BrClN2O4/c1-42-27-15-12-21(18-25(27)35)31(40)29-28(30(39)20-10-13-22(36)14-11-20)34(24-8-4-5-9-26(24)37-33(34)41)32-23-7-3-2-6-19(23)16-17-38(29)32/h2-18,28-29,32H,1H3,(H,37,41)/t28-,29-,32+,34-/m0/s1. The van der Waals surface area contributed by atoms with Crippen LogP contribution in [0.5, 0.6) is 5.75 Å². The normalized spacial score (nSPS) is 23.3. The van der Waals surface area contributed by atoms with E-state index in [1.54, 1.807) is 49.6 Å². The van der Waals surface area contributed by atoms with Crippen molar-refractivity contribution in [2.24, 2.45) is 5.92 Å². The average Bonchev–Trinajstić information content (AvgIpc) is 3.49.